The monoisotopic (exact) mass is 312 g/mol. The quantitative estimate of drug-likeness (QED) is 0.812. The lowest BCUT2D eigenvalue weighted by Crippen LogP contribution is -2.32. The van der Waals surface area contributed by atoms with Crippen molar-refractivity contribution in [3.63, 3.8) is 0 Å². The van der Waals surface area contributed by atoms with Crippen molar-refractivity contribution in [3.8, 4) is 0 Å². The van der Waals surface area contributed by atoms with E-state index in [4.69, 9.17) is 0 Å². The molecule has 1 N–H and O–H groups in total. The maximum absolute atomic E-state index is 11.9. The van der Waals surface area contributed by atoms with Gasteiger partial charge in [-0.2, -0.15) is 0 Å². The fraction of sp³-hybridized carbons (Fsp3) is 0.571. The number of nitrogens with zero attached hydrogens (tertiary/aromatic N) is 1. The van der Waals surface area contributed by atoms with Gasteiger partial charge in [0.1, 0.15) is 4.60 Å². The summed E-state index contributed by atoms with van der Waals surface area (Å²) in [6, 6.07) is 3.67. The van der Waals surface area contributed by atoms with E-state index < -0.39 is 0 Å². The lowest BCUT2D eigenvalue weighted by Gasteiger charge is -2.14. The predicted octanol–water partition coefficient (Wildman–Crippen LogP) is 3.79. The van der Waals surface area contributed by atoms with Crippen LogP contribution >= 0.6 is 15.9 Å². The normalized spacial score (nSPS) is 12.5. The van der Waals surface area contributed by atoms with Crippen LogP contribution in [0, 0.1) is 5.92 Å². The van der Waals surface area contributed by atoms with Crippen molar-refractivity contribution >= 4 is 21.8 Å². The molecule has 1 heterocycles. The number of halogens is 1. The maximum Gasteiger partial charge on any atom is 0.251 e. The Morgan fingerprint density at radius 2 is 2.11 bits per heavy atom. The molecular weight excluding hydrogens is 292 g/mol. The van der Waals surface area contributed by atoms with Crippen LogP contribution in [-0.2, 0) is 0 Å². The third-order valence-electron chi connectivity index (χ3n) is 2.78. The first kappa shape index (κ1) is 15.2. The first-order chi connectivity index (χ1) is 8.49. The molecule has 0 saturated heterocycles. The Kier molecular flexibility index (Phi) is 6.33. The molecule has 0 radical (unpaired) electrons. The Bertz CT molecular complexity index is 393. The van der Waals surface area contributed by atoms with E-state index in [0.717, 1.165) is 18.8 Å². The fourth-order valence-electron chi connectivity index (χ4n) is 1.76. The number of carbonyl (C=O) groups excluding carboxylic acids is 1. The minimum atomic E-state index is -0.0323. The van der Waals surface area contributed by atoms with E-state index in [1.807, 2.05) is 0 Å². The van der Waals surface area contributed by atoms with Crippen LogP contribution in [0.2, 0.25) is 0 Å². The zero-order chi connectivity index (χ0) is 13.5. The van der Waals surface area contributed by atoms with Gasteiger partial charge in [-0.3, -0.25) is 4.79 Å². The summed E-state index contributed by atoms with van der Waals surface area (Å²) in [7, 11) is 0. The molecule has 1 aromatic rings. The minimum Gasteiger partial charge on any atom is -0.350 e. The van der Waals surface area contributed by atoms with Crippen LogP contribution in [-0.4, -0.2) is 16.9 Å². The molecule has 1 rings (SSSR count). The Balaban J connectivity index is 2.40. The highest BCUT2D eigenvalue weighted by atomic mass is 79.9. The van der Waals surface area contributed by atoms with Gasteiger partial charge in [0, 0.05) is 17.8 Å². The third-order valence-corrected chi connectivity index (χ3v) is 3.22. The Morgan fingerprint density at radius 1 is 1.39 bits per heavy atom. The van der Waals surface area contributed by atoms with Gasteiger partial charge >= 0.3 is 0 Å². The number of pyridine rings is 1. The summed E-state index contributed by atoms with van der Waals surface area (Å²) in [6.45, 7) is 6.49. The third kappa shape index (κ3) is 5.63. The van der Waals surface area contributed by atoms with Crippen LogP contribution in [0.15, 0.2) is 22.9 Å². The molecule has 3 nitrogen and oxygen atoms in total. The smallest absolute Gasteiger partial charge is 0.251 e. The molecule has 0 fully saturated rings. The number of nitrogens with one attached hydrogen (secondary N) is 1. The summed E-state index contributed by atoms with van der Waals surface area (Å²) in [5.41, 5.74) is 0.646. The van der Waals surface area contributed by atoms with Gasteiger partial charge in [-0.1, -0.05) is 26.7 Å². The maximum atomic E-state index is 11.9. The average molecular weight is 313 g/mol. The zero-order valence-corrected chi connectivity index (χ0v) is 12.8. The molecule has 0 aliphatic carbocycles. The summed E-state index contributed by atoms with van der Waals surface area (Å²) >= 11 is 3.26. The highest BCUT2D eigenvalue weighted by Gasteiger charge is 2.10. The van der Waals surface area contributed by atoms with E-state index in [-0.39, 0.29) is 11.9 Å². The van der Waals surface area contributed by atoms with Crippen LogP contribution in [0.3, 0.4) is 0 Å². The number of carbonyl (C=O) groups is 1. The highest BCUT2D eigenvalue weighted by Crippen LogP contribution is 2.10. The van der Waals surface area contributed by atoms with E-state index in [9.17, 15) is 4.79 Å². The van der Waals surface area contributed by atoms with E-state index in [1.54, 1.807) is 18.3 Å². The fourth-order valence-corrected chi connectivity index (χ4v) is 2.12. The zero-order valence-electron chi connectivity index (χ0n) is 11.2. The lowest BCUT2D eigenvalue weighted by molar-refractivity contribution is 0.0937. The standard InChI is InChI=1S/C14H21BrN2O/c1-10(2)5-4-6-11(3)17-14(18)12-7-8-16-13(15)9-12/h7-11H,4-6H2,1-3H3,(H,17,18). The van der Waals surface area contributed by atoms with Crippen molar-refractivity contribution in [1.82, 2.24) is 10.3 Å². The first-order valence-electron chi connectivity index (χ1n) is 6.41. The molecule has 4 heteroatoms. The van der Waals surface area contributed by atoms with Crippen LogP contribution in [0.4, 0.5) is 0 Å². The summed E-state index contributed by atoms with van der Waals surface area (Å²) in [4.78, 5) is 16.0. The number of hydrogen-bond donors (Lipinski definition) is 1. The SMILES string of the molecule is CC(C)CCCC(C)NC(=O)c1ccnc(Br)c1. The molecule has 1 atom stereocenters. The second-order valence-corrected chi connectivity index (χ2v) is 5.88. The van der Waals surface area contributed by atoms with Crippen molar-refractivity contribution in [2.75, 3.05) is 0 Å². The van der Waals surface area contributed by atoms with Gasteiger partial charge in [-0.25, -0.2) is 4.98 Å². The topological polar surface area (TPSA) is 42.0 Å². The van der Waals surface area contributed by atoms with E-state index in [0.29, 0.717) is 10.2 Å². The van der Waals surface area contributed by atoms with Gasteiger partial charge in [-0.15, -0.1) is 0 Å². The van der Waals surface area contributed by atoms with E-state index in [1.165, 1.54) is 6.42 Å². The van der Waals surface area contributed by atoms with Gasteiger partial charge in [-0.05, 0) is 47.3 Å². The Morgan fingerprint density at radius 3 is 2.72 bits per heavy atom. The Hall–Kier alpha value is -0.900. The highest BCUT2D eigenvalue weighted by molar-refractivity contribution is 9.10. The van der Waals surface area contributed by atoms with Gasteiger partial charge in [0.15, 0.2) is 0 Å². The molecule has 0 aliphatic heterocycles. The molecule has 0 spiro atoms. The summed E-state index contributed by atoms with van der Waals surface area (Å²) in [5.74, 6) is 0.694. The van der Waals surface area contributed by atoms with Gasteiger partial charge in [0.05, 0.1) is 0 Å². The van der Waals surface area contributed by atoms with Crippen molar-refractivity contribution in [2.24, 2.45) is 5.92 Å². The molecule has 1 unspecified atom stereocenters. The molecule has 1 amide bonds. The number of aromatic nitrogens is 1. The van der Waals surface area contributed by atoms with Crippen molar-refractivity contribution in [2.45, 2.75) is 46.1 Å². The minimum absolute atomic E-state index is 0.0323. The lowest BCUT2D eigenvalue weighted by atomic mass is 10.0. The van der Waals surface area contributed by atoms with Crippen molar-refractivity contribution in [3.05, 3.63) is 28.5 Å². The second-order valence-electron chi connectivity index (χ2n) is 5.07. The molecule has 0 aromatic carbocycles. The van der Waals surface area contributed by atoms with Crippen LogP contribution in [0.1, 0.15) is 50.4 Å². The second kappa shape index (κ2) is 7.52. The van der Waals surface area contributed by atoms with Crippen LogP contribution in [0.5, 0.6) is 0 Å². The predicted molar refractivity (Wildman–Crippen MR) is 77.6 cm³/mol. The number of amides is 1. The molecule has 1 aromatic heterocycles. The first-order valence-corrected chi connectivity index (χ1v) is 7.20. The van der Waals surface area contributed by atoms with Gasteiger partial charge < -0.3 is 5.32 Å². The molecule has 0 saturated carbocycles. The average Bonchev–Trinajstić information content (AvgIpc) is 2.28. The van der Waals surface area contributed by atoms with E-state index in [2.05, 4.69) is 47.0 Å². The summed E-state index contributed by atoms with van der Waals surface area (Å²) in [6.07, 6.45) is 5.01. The molecule has 0 aliphatic rings. The molecule has 18 heavy (non-hydrogen) atoms. The van der Waals surface area contributed by atoms with Crippen molar-refractivity contribution in [1.29, 1.82) is 0 Å². The van der Waals surface area contributed by atoms with Crippen LogP contribution in [0.25, 0.3) is 0 Å². The van der Waals surface area contributed by atoms with Crippen molar-refractivity contribution < 1.29 is 4.79 Å². The largest absolute Gasteiger partial charge is 0.350 e. The Labute approximate surface area is 118 Å². The summed E-state index contributed by atoms with van der Waals surface area (Å²) < 4.78 is 0.683. The molecule has 0 bridgehead atoms. The van der Waals surface area contributed by atoms with E-state index >= 15 is 0 Å². The number of rotatable bonds is 6. The molecule has 100 valence electrons. The molecular formula is C14H21BrN2O. The van der Waals surface area contributed by atoms with Gasteiger partial charge in [0.25, 0.3) is 5.91 Å². The van der Waals surface area contributed by atoms with Crippen LogP contribution < -0.4 is 5.32 Å². The van der Waals surface area contributed by atoms with Gasteiger partial charge in [0.2, 0.25) is 0 Å². The number of hydrogen-bond acceptors (Lipinski definition) is 2. The summed E-state index contributed by atoms with van der Waals surface area (Å²) in [5, 5.41) is 3.01.